The summed E-state index contributed by atoms with van der Waals surface area (Å²) in [5.74, 6) is 0. The molecular formula is C12H13F3N4. The van der Waals surface area contributed by atoms with Crippen LogP contribution >= 0.6 is 0 Å². The summed E-state index contributed by atoms with van der Waals surface area (Å²) in [5, 5.41) is 7.08. The smallest absolute Gasteiger partial charge is 0.325 e. The molecular weight excluding hydrogens is 257 g/mol. The summed E-state index contributed by atoms with van der Waals surface area (Å²) < 4.78 is 40.0. The van der Waals surface area contributed by atoms with Gasteiger partial charge in [-0.2, -0.15) is 13.2 Å². The van der Waals surface area contributed by atoms with E-state index < -0.39 is 11.9 Å². The molecule has 2 aromatic rings. The van der Waals surface area contributed by atoms with Crippen LogP contribution in [0.5, 0.6) is 0 Å². The van der Waals surface area contributed by atoms with Crippen molar-refractivity contribution in [3.05, 3.63) is 40.7 Å². The number of nitrogens with two attached hydrogens (primary N) is 1. The molecule has 1 heterocycles. The molecule has 2 rings (SSSR count). The maximum absolute atomic E-state index is 13.1. The monoisotopic (exact) mass is 270 g/mol. The third-order valence-corrected chi connectivity index (χ3v) is 2.65. The van der Waals surface area contributed by atoms with Gasteiger partial charge in [0, 0.05) is 6.54 Å². The molecule has 0 saturated heterocycles. The van der Waals surface area contributed by atoms with E-state index >= 15 is 0 Å². The zero-order chi connectivity index (χ0) is 14.2. The van der Waals surface area contributed by atoms with Crippen molar-refractivity contribution >= 4 is 0 Å². The Kier molecular flexibility index (Phi) is 3.32. The van der Waals surface area contributed by atoms with Crippen LogP contribution in [0.1, 0.15) is 22.5 Å². The Morgan fingerprint density at radius 1 is 1.16 bits per heavy atom. The number of alkyl halides is 3. The molecule has 0 aliphatic rings. The van der Waals surface area contributed by atoms with Crippen LogP contribution in [0.15, 0.2) is 18.2 Å². The number of aryl methyl sites for hydroxylation is 2. The van der Waals surface area contributed by atoms with E-state index in [2.05, 4.69) is 10.3 Å². The van der Waals surface area contributed by atoms with Crippen LogP contribution in [0.2, 0.25) is 0 Å². The van der Waals surface area contributed by atoms with Crippen molar-refractivity contribution in [3.8, 4) is 5.69 Å². The van der Waals surface area contributed by atoms with Crippen molar-refractivity contribution < 1.29 is 13.2 Å². The van der Waals surface area contributed by atoms with Gasteiger partial charge in [-0.05, 0) is 37.1 Å². The second-order valence-corrected chi connectivity index (χ2v) is 4.34. The van der Waals surface area contributed by atoms with E-state index in [-0.39, 0.29) is 12.2 Å². The highest BCUT2D eigenvalue weighted by molar-refractivity contribution is 5.40. The number of nitrogens with zero attached hydrogens (tertiary/aromatic N) is 3. The second-order valence-electron chi connectivity index (χ2n) is 4.34. The minimum absolute atomic E-state index is 0.258. The number of aromatic nitrogens is 3. The zero-order valence-electron chi connectivity index (χ0n) is 10.5. The molecule has 19 heavy (non-hydrogen) atoms. The molecule has 0 aliphatic heterocycles. The maximum atomic E-state index is 13.1. The Morgan fingerprint density at radius 2 is 1.74 bits per heavy atom. The predicted octanol–water partition coefficient (Wildman–Crippen LogP) is 2.36. The Bertz CT molecular complexity index is 581. The van der Waals surface area contributed by atoms with Crippen molar-refractivity contribution in [1.29, 1.82) is 0 Å². The molecule has 0 atom stereocenters. The molecule has 2 N–H and O–H groups in total. The van der Waals surface area contributed by atoms with Crippen LogP contribution in [-0.2, 0) is 12.7 Å². The summed E-state index contributed by atoms with van der Waals surface area (Å²) in [6.45, 7) is 3.31. The maximum Gasteiger partial charge on any atom is 0.435 e. The highest BCUT2D eigenvalue weighted by Gasteiger charge is 2.39. The second kappa shape index (κ2) is 4.65. The van der Waals surface area contributed by atoms with Gasteiger partial charge in [-0.15, -0.1) is 5.10 Å². The molecule has 0 fully saturated rings. The van der Waals surface area contributed by atoms with Gasteiger partial charge < -0.3 is 5.73 Å². The lowest BCUT2D eigenvalue weighted by Crippen LogP contribution is -2.17. The van der Waals surface area contributed by atoms with Crippen LogP contribution in [0.4, 0.5) is 13.2 Å². The standard InChI is InChI=1S/C12H13F3N4/c1-7-3-8(2)5-9(4-7)19-11(12(13,14)15)10(6-16)17-18-19/h3-5H,6,16H2,1-2H3. The largest absolute Gasteiger partial charge is 0.435 e. The Morgan fingerprint density at radius 3 is 2.21 bits per heavy atom. The first kappa shape index (κ1) is 13.5. The van der Waals surface area contributed by atoms with Crippen molar-refractivity contribution in [2.24, 2.45) is 5.73 Å². The van der Waals surface area contributed by atoms with Crippen LogP contribution in [-0.4, -0.2) is 15.0 Å². The average molecular weight is 270 g/mol. The summed E-state index contributed by atoms with van der Waals surface area (Å²) in [7, 11) is 0. The molecule has 0 spiro atoms. The Labute approximate surface area is 108 Å². The van der Waals surface area contributed by atoms with E-state index in [9.17, 15) is 13.2 Å². The van der Waals surface area contributed by atoms with Gasteiger partial charge in [0.05, 0.1) is 5.69 Å². The molecule has 1 aromatic heterocycles. The fourth-order valence-electron chi connectivity index (χ4n) is 1.99. The van der Waals surface area contributed by atoms with Gasteiger partial charge in [0.15, 0.2) is 5.69 Å². The first-order chi connectivity index (χ1) is 8.82. The van der Waals surface area contributed by atoms with Gasteiger partial charge in [0.25, 0.3) is 0 Å². The fourth-order valence-corrected chi connectivity index (χ4v) is 1.99. The topological polar surface area (TPSA) is 56.7 Å². The van der Waals surface area contributed by atoms with E-state index in [1.54, 1.807) is 12.1 Å². The summed E-state index contributed by atoms with van der Waals surface area (Å²) in [5.41, 5.74) is 6.15. The highest BCUT2D eigenvalue weighted by atomic mass is 19.4. The molecule has 0 radical (unpaired) electrons. The molecule has 102 valence electrons. The lowest BCUT2D eigenvalue weighted by molar-refractivity contribution is -0.143. The fraction of sp³-hybridized carbons (Fsp3) is 0.333. The molecule has 4 nitrogen and oxygen atoms in total. The van der Waals surface area contributed by atoms with E-state index in [0.717, 1.165) is 15.8 Å². The van der Waals surface area contributed by atoms with Crippen LogP contribution in [0.3, 0.4) is 0 Å². The van der Waals surface area contributed by atoms with Gasteiger partial charge in [-0.1, -0.05) is 11.3 Å². The molecule has 7 heteroatoms. The van der Waals surface area contributed by atoms with Crippen molar-refractivity contribution in [1.82, 2.24) is 15.0 Å². The van der Waals surface area contributed by atoms with Gasteiger partial charge in [0.1, 0.15) is 5.69 Å². The summed E-state index contributed by atoms with van der Waals surface area (Å²) in [6, 6.07) is 5.12. The van der Waals surface area contributed by atoms with Gasteiger partial charge >= 0.3 is 6.18 Å². The first-order valence-electron chi connectivity index (χ1n) is 5.63. The van der Waals surface area contributed by atoms with Gasteiger partial charge in [-0.3, -0.25) is 0 Å². The number of hydrogen-bond donors (Lipinski definition) is 1. The van der Waals surface area contributed by atoms with Gasteiger partial charge in [0.2, 0.25) is 0 Å². The number of hydrogen-bond acceptors (Lipinski definition) is 3. The first-order valence-corrected chi connectivity index (χ1v) is 5.63. The average Bonchev–Trinajstić information content (AvgIpc) is 2.70. The van der Waals surface area contributed by atoms with E-state index in [1.165, 1.54) is 0 Å². The Balaban J connectivity index is 2.66. The van der Waals surface area contributed by atoms with Crippen molar-refractivity contribution in [2.75, 3.05) is 0 Å². The minimum atomic E-state index is -4.55. The van der Waals surface area contributed by atoms with E-state index in [1.807, 2.05) is 19.9 Å². The molecule has 0 unspecified atom stereocenters. The summed E-state index contributed by atoms with van der Waals surface area (Å²) in [6.07, 6.45) is -4.55. The van der Waals surface area contributed by atoms with Gasteiger partial charge in [-0.25, -0.2) is 4.68 Å². The minimum Gasteiger partial charge on any atom is -0.325 e. The molecule has 1 aromatic carbocycles. The number of rotatable bonds is 2. The van der Waals surface area contributed by atoms with E-state index in [0.29, 0.717) is 5.69 Å². The lowest BCUT2D eigenvalue weighted by atomic mass is 10.1. The van der Waals surface area contributed by atoms with Crippen LogP contribution < -0.4 is 5.73 Å². The van der Waals surface area contributed by atoms with Crippen molar-refractivity contribution in [3.63, 3.8) is 0 Å². The summed E-state index contributed by atoms with van der Waals surface area (Å²) >= 11 is 0. The van der Waals surface area contributed by atoms with Crippen LogP contribution in [0, 0.1) is 13.8 Å². The quantitative estimate of drug-likeness (QED) is 0.911. The SMILES string of the molecule is Cc1cc(C)cc(-n2nnc(CN)c2C(F)(F)F)c1. The normalized spacial score (nSPS) is 11.9. The predicted molar refractivity (Wildman–Crippen MR) is 63.7 cm³/mol. The molecule has 0 aliphatic carbocycles. The van der Waals surface area contributed by atoms with E-state index in [4.69, 9.17) is 5.73 Å². The number of halogens is 3. The number of benzene rings is 1. The van der Waals surface area contributed by atoms with Crippen molar-refractivity contribution in [2.45, 2.75) is 26.6 Å². The summed E-state index contributed by atoms with van der Waals surface area (Å²) in [4.78, 5) is 0. The highest BCUT2D eigenvalue weighted by Crippen LogP contribution is 2.32. The third kappa shape index (κ3) is 2.60. The van der Waals surface area contributed by atoms with Crippen LogP contribution in [0.25, 0.3) is 5.69 Å². The Hall–Kier alpha value is -1.89. The molecule has 0 bridgehead atoms. The lowest BCUT2D eigenvalue weighted by Gasteiger charge is -2.11. The third-order valence-electron chi connectivity index (χ3n) is 2.65. The zero-order valence-corrected chi connectivity index (χ0v) is 10.5. The molecule has 0 amide bonds. The molecule has 0 saturated carbocycles.